The van der Waals surface area contributed by atoms with E-state index >= 15 is 0 Å². The number of pyridine rings is 1. The van der Waals surface area contributed by atoms with E-state index in [2.05, 4.69) is 27.8 Å². The fourth-order valence-corrected chi connectivity index (χ4v) is 2.87. The third-order valence-corrected chi connectivity index (χ3v) is 4.21. The van der Waals surface area contributed by atoms with Gasteiger partial charge in [0.25, 0.3) is 5.70 Å². The molecule has 2 rings (SSSR count). The molecule has 2 aromatic rings. The van der Waals surface area contributed by atoms with Crippen LogP contribution in [0.2, 0.25) is 0 Å². The van der Waals surface area contributed by atoms with Gasteiger partial charge in [-0.05, 0) is 25.1 Å². The predicted molar refractivity (Wildman–Crippen MR) is 102 cm³/mol. The van der Waals surface area contributed by atoms with Crippen LogP contribution in [0.1, 0.15) is 11.1 Å². The fourth-order valence-electron chi connectivity index (χ4n) is 2.11. The molecule has 0 aliphatic carbocycles. The van der Waals surface area contributed by atoms with Gasteiger partial charge in [0.1, 0.15) is 0 Å². The lowest BCUT2D eigenvalue weighted by molar-refractivity contribution is -0.576. The second-order valence-electron chi connectivity index (χ2n) is 4.96. The van der Waals surface area contributed by atoms with Crippen molar-refractivity contribution in [2.75, 3.05) is 6.54 Å². The molecule has 0 aliphatic heterocycles. The van der Waals surface area contributed by atoms with Gasteiger partial charge in [-0.1, -0.05) is 46.4 Å². The maximum absolute atomic E-state index is 10.9. The average molecular weight is 390 g/mol. The van der Waals surface area contributed by atoms with E-state index in [-0.39, 0.29) is 5.76 Å². The number of nitrogens with one attached hydrogen (secondary N) is 1. The highest BCUT2D eigenvalue weighted by Crippen LogP contribution is 2.25. The maximum Gasteiger partial charge on any atom is 0.288 e. The lowest BCUT2D eigenvalue weighted by atomic mass is 10.1. The Labute approximate surface area is 150 Å². The summed E-state index contributed by atoms with van der Waals surface area (Å²) >= 11 is 8.94. The van der Waals surface area contributed by atoms with E-state index in [9.17, 15) is 5.11 Å². The summed E-state index contributed by atoms with van der Waals surface area (Å²) in [5.41, 5.74) is 2.27. The monoisotopic (exact) mass is 389 g/mol. The lowest BCUT2D eigenvalue weighted by Gasteiger charge is -2.10. The number of halogens is 1. The van der Waals surface area contributed by atoms with Gasteiger partial charge < -0.3 is 10.4 Å². The van der Waals surface area contributed by atoms with Gasteiger partial charge in [0.2, 0.25) is 0 Å². The van der Waals surface area contributed by atoms with Gasteiger partial charge in [0.05, 0.1) is 0 Å². The lowest BCUT2D eigenvalue weighted by Crippen LogP contribution is -2.41. The molecule has 23 heavy (non-hydrogen) atoms. The Morgan fingerprint density at radius 2 is 2.09 bits per heavy atom. The molecule has 0 aliphatic rings. The summed E-state index contributed by atoms with van der Waals surface area (Å²) in [7, 11) is 0. The van der Waals surface area contributed by atoms with Crippen LogP contribution in [0.25, 0.3) is 11.5 Å². The minimum Gasteiger partial charge on any atom is -0.502 e. The van der Waals surface area contributed by atoms with Crippen molar-refractivity contribution in [2.45, 2.75) is 6.92 Å². The van der Waals surface area contributed by atoms with Crippen molar-refractivity contribution in [3.63, 3.8) is 0 Å². The van der Waals surface area contributed by atoms with E-state index in [0.717, 1.165) is 10.0 Å². The van der Waals surface area contributed by atoms with Crippen molar-refractivity contribution < 1.29 is 9.67 Å². The van der Waals surface area contributed by atoms with Crippen LogP contribution in [0.4, 0.5) is 0 Å². The van der Waals surface area contributed by atoms with Gasteiger partial charge in [-0.2, -0.15) is 4.57 Å². The van der Waals surface area contributed by atoms with Crippen LogP contribution >= 0.6 is 28.1 Å². The van der Waals surface area contributed by atoms with Gasteiger partial charge in [0.15, 0.2) is 23.1 Å². The van der Waals surface area contributed by atoms with Crippen molar-refractivity contribution in [1.29, 1.82) is 0 Å². The Balaban J connectivity index is 2.61. The molecule has 0 saturated heterocycles. The molecule has 5 heteroatoms. The van der Waals surface area contributed by atoms with Crippen LogP contribution in [0.15, 0.2) is 65.9 Å². The second-order valence-corrected chi connectivity index (χ2v) is 6.23. The minimum atomic E-state index is 0.106. The normalized spacial score (nSPS) is 11.6. The third kappa shape index (κ3) is 4.27. The number of rotatable bonds is 5. The highest BCUT2D eigenvalue weighted by atomic mass is 79.9. The molecule has 0 unspecified atom stereocenters. The molecule has 0 amide bonds. The van der Waals surface area contributed by atoms with Crippen LogP contribution in [0.5, 0.6) is 0 Å². The fraction of sp³-hybridized carbons (Fsp3) is 0.111. The first-order valence-corrected chi connectivity index (χ1v) is 8.30. The molecule has 0 spiro atoms. The maximum atomic E-state index is 10.9. The molecular weight excluding hydrogens is 372 g/mol. The standard InChI is InChI=1S/C18H17BrN2OS/c1-3-10-20-18(23)16(21-11-6-7-13(2)12-21)17(22)14-8-4-5-9-15(14)19/h3-9,11-12H,1,10H2,2H3,(H-,20,22,23)/p+1. The molecule has 118 valence electrons. The summed E-state index contributed by atoms with van der Waals surface area (Å²) in [6.07, 6.45) is 5.50. The van der Waals surface area contributed by atoms with E-state index in [4.69, 9.17) is 12.2 Å². The molecule has 1 heterocycles. The van der Waals surface area contributed by atoms with E-state index in [1.807, 2.05) is 60.3 Å². The van der Waals surface area contributed by atoms with Crippen LogP contribution in [-0.4, -0.2) is 16.6 Å². The van der Waals surface area contributed by atoms with Crippen LogP contribution in [0.3, 0.4) is 0 Å². The number of hydrogen-bond acceptors (Lipinski definition) is 2. The molecule has 0 atom stereocenters. The Kier molecular flexibility index (Phi) is 6.07. The van der Waals surface area contributed by atoms with Crippen molar-refractivity contribution in [1.82, 2.24) is 5.32 Å². The van der Waals surface area contributed by atoms with Gasteiger partial charge in [-0.15, -0.1) is 6.58 Å². The average Bonchev–Trinajstić information content (AvgIpc) is 2.53. The van der Waals surface area contributed by atoms with E-state index < -0.39 is 0 Å². The second kappa shape index (κ2) is 8.04. The number of nitrogens with zero attached hydrogens (tertiary/aromatic N) is 1. The molecule has 2 N–H and O–H groups in total. The Bertz CT molecular complexity index is 771. The first-order valence-electron chi connectivity index (χ1n) is 7.10. The number of hydrogen-bond donors (Lipinski definition) is 2. The SMILES string of the molecule is C=CCNC(=S)C(=C(O)c1ccccc1Br)[n+]1cccc(C)c1. The van der Waals surface area contributed by atoms with Crippen molar-refractivity contribution in [2.24, 2.45) is 0 Å². The predicted octanol–water partition coefficient (Wildman–Crippen LogP) is 4.03. The number of aliphatic hydroxyl groups excluding tert-OH is 1. The number of aromatic nitrogens is 1. The van der Waals surface area contributed by atoms with Crippen molar-refractivity contribution in [3.05, 3.63) is 77.0 Å². The first kappa shape index (κ1) is 17.4. The molecule has 1 aromatic carbocycles. The van der Waals surface area contributed by atoms with E-state index in [1.54, 1.807) is 6.08 Å². The first-order chi connectivity index (χ1) is 11.0. The summed E-state index contributed by atoms with van der Waals surface area (Å²) in [4.78, 5) is 0.453. The summed E-state index contributed by atoms with van der Waals surface area (Å²) in [5.74, 6) is 0.106. The van der Waals surface area contributed by atoms with Crippen LogP contribution in [-0.2, 0) is 0 Å². The molecule has 0 saturated carbocycles. The van der Waals surface area contributed by atoms with E-state index in [0.29, 0.717) is 22.8 Å². The number of benzene rings is 1. The van der Waals surface area contributed by atoms with Crippen molar-refractivity contribution >= 4 is 44.6 Å². The van der Waals surface area contributed by atoms with Crippen LogP contribution in [0, 0.1) is 6.92 Å². The Morgan fingerprint density at radius 1 is 1.35 bits per heavy atom. The molecule has 0 radical (unpaired) electrons. The molecule has 0 fully saturated rings. The number of thiocarbonyl (C=S) groups is 1. The summed E-state index contributed by atoms with van der Waals surface area (Å²) in [5, 5.41) is 13.9. The quantitative estimate of drug-likeness (QED) is 0.266. The minimum absolute atomic E-state index is 0.106. The van der Waals surface area contributed by atoms with Gasteiger partial charge in [-0.25, -0.2) is 0 Å². The molecule has 1 aromatic heterocycles. The number of aryl methyl sites for hydroxylation is 1. The molecule has 0 bridgehead atoms. The third-order valence-electron chi connectivity index (χ3n) is 3.18. The summed E-state index contributed by atoms with van der Waals surface area (Å²) < 4.78 is 2.62. The zero-order valence-electron chi connectivity index (χ0n) is 12.8. The van der Waals surface area contributed by atoms with Gasteiger partial charge >= 0.3 is 0 Å². The Hall–Kier alpha value is -1.98. The topological polar surface area (TPSA) is 36.1 Å². The summed E-state index contributed by atoms with van der Waals surface area (Å²) in [6, 6.07) is 11.4. The van der Waals surface area contributed by atoms with Gasteiger partial charge in [0, 0.05) is 28.2 Å². The molecule has 3 nitrogen and oxygen atoms in total. The molecular formula is C18H18BrN2OS+. The highest BCUT2D eigenvalue weighted by molar-refractivity contribution is 9.10. The van der Waals surface area contributed by atoms with Crippen molar-refractivity contribution in [3.8, 4) is 0 Å². The van der Waals surface area contributed by atoms with Crippen LogP contribution < -0.4 is 9.88 Å². The zero-order valence-corrected chi connectivity index (χ0v) is 15.2. The largest absolute Gasteiger partial charge is 0.502 e. The van der Waals surface area contributed by atoms with Gasteiger partial charge in [-0.3, -0.25) is 0 Å². The Morgan fingerprint density at radius 3 is 2.74 bits per heavy atom. The number of aliphatic hydroxyl groups is 1. The van der Waals surface area contributed by atoms with E-state index in [1.165, 1.54) is 0 Å². The zero-order chi connectivity index (χ0) is 16.8. The smallest absolute Gasteiger partial charge is 0.288 e. The summed E-state index contributed by atoms with van der Waals surface area (Å²) in [6.45, 7) is 6.20. The highest BCUT2D eigenvalue weighted by Gasteiger charge is 2.24.